The lowest BCUT2D eigenvalue weighted by Gasteiger charge is -2.25. The highest BCUT2D eigenvalue weighted by Crippen LogP contribution is 2.29. The Morgan fingerprint density at radius 2 is 2.21 bits per heavy atom. The maximum atomic E-state index is 5.97. The number of rotatable bonds is 0. The quantitative estimate of drug-likeness (QED) is 0.664. The highest BCUT2D eigenvalue weighted by atomic mass is 15.2. The van der Waals surface area contributed by atoms with Crippen LogP contribution < -0.4 is 5.73 Å². The predicted octanol–water partition coefficient (Wildman–Crippen LogP) is 1.26. The molecule has 0 spiro atoms. The number of hydrogen-bond donors (Lipinski definition) is 1. The van der Waals surface area contributed by atoms with E-state index in [0.717, 1.165) is 31.0 Å². The summed E-state index contributed by atoms with van der Waals surface area (Å²) in [6.07, 6.45) is 1.03. The molecule has 2 N–H and O–H groups in total. The van der Waals surface area contributed by atoms with Crippen molar-refractivity contribution in [3.63, 3.8) is 0 Å². The van der Waals surface area contributed by atoms with E-state index in [1.165, 1.54) is 5.56 Å². The first-order valence-corrected chi connectivity index (χ1v) is 5.01. The third-order valence-corrected chi connectivity index (χ3v) is 2.95. The van der Waals surface area contributed by atoms with Gasteiger partial charge in [0.05, 0.1) is 11.7 Å². The molecule has 3 nitrogen and oxygen atoms in total. The molecule has 0 amide bonds. The van der Waals surface area contributed by atoms with Crippen LogP contribution in [-0.2, 0) is 6.54 Å². The van der Waals surface area contributed by atoms with Gasteiger partial charge in [0.2, 0.25) is 0 Å². The molecule has 1 atom stereocenters. The van der Waals surface area contributed by atoms with Crippen LogP contribution in [0.5, 0.6) is 0 Å². The Labute approximate surface area is 83.2 Å². The van der Waals surface area contributed by atoms with Gasteiger partial charge in [0, 0.05) is 13.1 Å². The topological polar surface area (TPSA) is 41.6 Å². The van der Waals surface area contributed by atoms with E-state index in [2.05, 4.69) is 28.1 Å². The number of benzene rings is 1. The molecule has 1 fully saturated rings. The van der Waals surface area contributed by atoms with E-state index in [1.54, 1.807) is 0 Å². The minimum Gasteiger partial charge on any atom is -0.354 e. The van der Waals surface area contributed by atoms with Crippen molar-refractivity contribution in [1.82, 2.24) is 4.90 Å². The Morgan fingerprint density at radius 1 is 1.36 bits per heavy atom. The zero-order chi connectivity index (χ0) is 9.54. The Balaban J connectivity index is 2.09. The molecular formula is C11H13N3. The van der Waals surface area contributed by atoms with E-state index in [9.17, 15) is 0 Å². The summed E-state index contributed by atoms with van der Waals surface area (Å²) < 4.78 is 0. The molecule has 1 aromatic rings. The van der Waals surface area contributed by atoms with E-state index >= 15 is 0 Å². The van der Waals surface area contributed by atoms with Crippen molar-refractivity contribution < 1.29 is 0 Å². The van der Waals surface area contributed by atoms with Crippen LogP contribution in [0.3, 0.4) is 0 Å². The van der Waals surface area contributed by atoms with E-state index in [0.29, 0.717) is 0 Å². The summed E-state index contributed by atoms with van der Waals surface area (Å²) in [4.78, 5) is 6.89. The minimum atomic E-state index is 0.142. The standard InChI is InChI=1S/C11H13N3/c12-9-5-6-14-7-8-3-1-2-4-10(8)13-11(9)14/h1-4,9H,5-7,12H2/t9-/m1/s1. The van der Waals surface area contributed by atoms with Gasteiger partial charge < -0.3 is 10.6 Å². The van der Waals surface area contributed by atoms with Crippen molar-refractivity contribution in [3.05, 3.63) is 29.8 Å². The molecule has 0 aliphatic carbocycles. The smallest absolute Gasteiger partial charge is 0.122 e. The normalized spacial score (nSPS) is 24.2. The van der Waals surface area contributed by atoms with Crippen LogP contribution in [0.2, 0.25) is 0 Å². The van der Waals surface area contributed by atoms with E-state index in [1.807, 2.05) is 6.07 Å². The summed E-state index contributed by atoms with van der Waals surface area (Å²) in [5.74, 6) is 1.07. The molecule has 2 aliphatic rings. The van der Waals surface area contributed by atoms with Crippen molar-refractivity contribution in [3.8, 4) is 0 Å². The summed E-state index contributed by atoms with van der Waals surface area (Å²) in [5.41, 5.74) is 8.38. The van der Waals surface area contributed by atoms with Crippen LogP contribution in [0.15, 0.2) is 29.3 Å². The van der Waals surface area contributed by atoms with Gasteiger partial charge in [0.1, 0.15) is 5.84 Å². The lowest BCUT2D eigenvalue weighted by molar-refractivity contribution is 0.443. The van der Waals surface area contributed by atoms with Gasteiger partial charge in [-0.15, -0.1) is 0 Å². The molecule has 0 radical (unpaired) electrons. The molecule has 0 saturated carbocycles. The number of amidine groups is 1. The summed E-state index contributed by atoms with van der Waals surface area (Å²) in [6.45, 7) is 2.02. The molecule has 3 heteroatoms. The Bertz CT molecular complexity index is 397. The zero-order valence-corrected chi connectivity index (χ0v) is 7.98. The Hall–Kier alpha value is -1.35. The first kappa shape index (κ1) is 8.00. The second kappa shape index (κ2) is 2.82. The summed E-state index contributed by atoms with van der Waals surface area (Å²) in [7, 11) is 0. The monoisotopic (exact) mass is 187 g/mol. The lowest BCUT2D eigenvalue weighted by atomic mass is 10.1. The third kappa shape index (κ3) is 1.06. The van der Waals surface area contributed by atoms with Crippen LogP contribution >= 0.6 is 0 Å². The second-order valence-electron chi connectivity index (χ2n) is 3.92. The Morgan fingerprint density at radius 3 is 3.14 bits per heavy atom. The van der Waals surface area contributed by atoms with Crippen LogP contribution in [0.4, 0.5) is 5.69 Å². The van der Waals surface area contributed by atoms with Gasteiger partial charge in [0.25, 0.3) is 0 Å². The lowest BCUT2D eigenvalue weighted by Crippen LogP contribution is -2.35. The van der Waals surface area contributed by atoms with Crippen LogP contribution in [0.1, 0.15) is 12.0 Å². The van der Waals surface area contributed by atoms with Gasteiger partial charge in [-0.2, -0.15) is 0 Å². The van der Waals surface area contributed by atoms with Crippen molar-refractivity contribution in [2.75, 3.05) is 6.54 Å². The number of fused-ring (bicyclic) bond motifs is 2. The van der Waals surface area contributed by atoms with Crippen LogP contribution in [0, 0.1) is 0 Å². The zero-order valence-electron chi connectivity index (χ0n) is 7.98. The SMILES string of the molecule is N[C@@H]1CCN2Cc3ccccc3N=C12. The van der Waals surface area contributed by atoms with Gasteiger partial charge in [-0.1, -0.05) is 18.2 Å². The van der Waals surface area contributed by atoms with Gasteiger partial charge in [-0.3, -0.25) is 0 Å². The van der Waals surface area contributed by atoms with Gasteiger partial charge >= 0.3 is 0 Å². The van der Waals surface area contributed by atoms with Crippen molar-refractivity contribution >= 4 is 11.5 Å². The largest absolute Gasteiger partial charge is 0.354 e. The summed E-state index contributed by atoms with van der Waals surface area (Å²) >= 11 is 0. The molecular weight excluding hydrogens is 174 g/mol. The van der Waals surface area contributed by atoms with Crippen molar-refractivity contribution in [1.29, 1.82) is 0 Å². The van der Waals surface area contributed by atoms with Crippen molar-refractivity contribution in [2.24, 2.45) is 10.7 Å². The van der Waals surface area contributed by atoms with Crippen LogP contribution in [-0.4, -0.2) is 23.3 Å². The molecule has 0 unspecified atom stereocenters. The highest BCUT2D eigenvalue weighted by Gasteiger charge is 2.29. The molecule has 2 heterocycles. The minimum absolute atomic E-state index is 0.142. The number of nitrogens with two attached hydrogens (primary N) is 1. The summed E-state index contributed by atoms with van der Waals surface area (Å²) in [5, 5.41) is 0. The van der Waals surface area contributed by atoms with E-state index < -0.39 is 0 Å². The van der Waals surface area contributed by atoms with Gasteiger partial charge in [-0.25, -0.2) is 4.99 Å². The fourth-order valence-corrected chi connectivity index (χ4v) is 2.17. The molecule has 2 aliphatic heterocycles. The first-order chi connectivity index (χ1) is 6.84. The molecule has 72 valence electrons. The predicted molar refractivity (Wildman–Crippen MR) is 56.5 cm³/mol. The molecule has 0 aromatic heterocycles. The van der Waals surface area contributed by atoms with E-state index in [4.69, 9.17) is 5.73 Å². The fraction of sp³-hybridized carbons (Fsp3) is 0.364. The number of nitrogens with zero attached hydrogens (tertiary/aromatic N) is 2. The number of para-hydroxylation sites is 1. The Kier molecular flexibility index (Phi) is 1.61. The maximum absolute atomic E-state index is 5.97. The second-order valence-corrected chi connectivity index (χ2v) is 3.92. The summed E-state index contributed by atoms with van der Waals surface area (Å²) in [6, 6.07) is 8.43. The molecule has 0 bridgehead atoms. The van der Waals surface area contributed by atoms with E-state index in [-0.39, 0.29) is 6.04 Å². The maximum Gasteiger partial charge on any atom is 0.122 e. The molecule has 14 heavy (non-hydrogen) atoms. The van der Waals surface area contributed by atoms with Gasteiger partial charge in [0.15, 0.2) is 0 Å². The van der Waals surface area contributed by atoms with Crippen molar-refractivity contribution in [2.45, 2.75) is 19.0 Å². The molecule has 1 saturated heterocycles. The van der Waals surface area contributed by atoms with Crippen LogP contribution in [0.25, 0.3) is 0 Å². The third-order valence-electron chi connectivity index (χ3n) is 2.95. The first-order valence-electron chi connectivity index (χ1n) is 5.01. The highest BCUT2D eigenvalue weighted by molar-refractivity contribution is 5.92. The molecule has 1 aromatic carbocycles. The molecule has 3 rings (SSSR count). The fourth-order valence-electron chi connectivity index (χ4n) is 2.17. The number of aliphatic imine (C=N–C) groups is 1. The average Bonchev–Trinajstić information content (AvgIpc) is 2.57. The van der Waals surface area contributed by atoms with Gasteiger partial charge in [-0.05, 0) is 18.1 Å². The number of hydrogen-bond acceptors (Lipinski definition) is 3. The average molecular weight is 187 g/mol.